The van der Waals surface area contributed by atoms with Gasteiger partial charge in [0.15, 0.2) is 28.1 Å². The number of methoxy groups -OCH3 is 1. The number of hydrogen-bond acceptors (Lipinski definition) is 8. The highest BCUT2D eigenvalue weighted by atomic mass is 79.9. The first-order valence-corrected chi connectivity index (χ1v) is 11.7. The summed E-state index contributed by atoms with van der Waals surface area (Å²) in [5.41, 5.74) is 1.99. The lowest BCUT2D eigenvalue weighted by atomic mass is 9.95. The number of aliphatic hydroxyl groups is 1. The molecule has 1 aliphatic heterocycles. The fourth-order valence-electron chi connectivity index (χ4n) is 3.92. The minimum atomic E-state index is -1.04. The number of phenolic OH excluding ortho intramolecular Hbond substituents is 1. The summed E-state index contributed by atoms with van der Waals surface area (Å²) in [4.78, 5) is 32.6. The van der Waals surface area contributed by atoms with Crippen molar-refractivity contribution < 1.29 is 29.0 Å². The number of nitrogens with zero attached hydrogens (tertiary/aromatic N) is 2. The first-order valence-electron chi connectivity index (χ1n) is 10.1. The van der Waals surface area contributed by atoms with Crippen molar-refractivity contribution in [2.75, 3.05) is 12.0 Å². The number of benzene rings is 2. The Hall–Kier alpha value is -3.63. The Bertz CT molecular complexity index is 1490. The lowest BCUT2D eigenvalue weighted by Gasteiger charge is -2.25. The highest BCUT2D eigenvalue weighted by Gasteiger charge is 2.47. The number of phenols is 1. The van der Waals surface area contributed by atoms with E-state index in [1.165, 1.54) is 41.7 Å². The maximum atomic E-state index is 13.3. The Labute approximate surface area is 205 Å². The number of aromatic hydroxyl groups is 1. The number of carbonyl (C=O) groups excluding carboxylic acids is 2. The quantitative estimate of drug-likeness (QED) is 0.323. The molecule has 1 amide bonds. The molecule has 10 heteroatoms. The molecular formula is C24H17BrN2O6S. The van der Waals surface area contributed by atoms with Crippen LogP contribution in [0.5, 0.6) is 11.5 Å². The summed E-state index contributed by atoms with van der Waals surface area (Å²) < 4.78 is 11.7. The first kappa shape index (κ1) is 22.2. The summed E-state index contributed by atoms with van der Waals surface area (Å²) in [6.45, 7) is 1.95. The second-order valence-electron chi connectivity index (χ2n) is 7.67. The number of hydrogen-bond donors (Lipinski definition) is 2. The van der Waals surface area contributed by atoms with Gasteiger partial charge >= 0.3 is 0 Å². The number of furan rings is 1. The van der Waals surface area contributed by atoms with Crippen LogP contribution in [0, 0.1) is 6.92 Å². The van der Waals surface area contributed by atoms with E-state index in [0.29, 0.717) is 20.7 Å². The summed E-state index contributed by atoms with van der Waals surface area (Å²) >= 11 is 4.57. The molecule has 1 aliphatic rings. The fraction of sp³-hybridized carbons (Fsp3) is 0.125. The van der Waals surface area contributed by atoms with E-state index < -0.39 is 23.5 Å². The third kappa shape index (κ3) is 3.46. The molecular weight excluding hydrogens is 524 g/mol. The second kappa shape index (κ2) is 8.30. The third-order valence-corrected chi connectivity index (χ3v) is 7.14. The van der Waals surface area contributed by atoms with Gasteiger partial charge in [-0.1, -0.05) is 17.4 Å². The van der Waals surface area contributed by atoms with E-state index in [0.717, 1.165) is 10.3 Å². The maximum absolute atomic E-state index is 13.3. The van der Waals surface area contributed by atoms with Crippen molar-refractivity contribution in [3.8, 4) is 11.5 Å². The lowest BCUT2D eigenvalue weighted by Crippen LogP contribution is -2.31. The Morgan fingerprint density at radius 3 is 2.74 bits per heavy atom. The average Bonchev–Trinajstić information content (AvgIpc) is 3.54. The smallest absolute Gasteiger partial charge is 0.296 e. The highest BCUT2D eigenvalue weighted by molar-refractivity contribution is 9.10. The van der Waals surface area contributed by atoms with Crippen LogP contribution in [0.3, 0.4) is 0 Å². The molecule has 0 aliphatic carbocycles. The Morgan fingerprint density at radius 1 is 1.24 bits per heavy atom. The van der Waals surface area contributed by atoms with Gasteiger partial charge in [-0.25, -0.2) is 4.98 Å². The van der Waals surface area contributed by atoms with Crippen LogP contribution in [0.25, 0.3) is 10.2 Å². The van der Waals surface area contributed by atoms with Crippen molar-refractivity contribution in [1.29, 1.82) is 0 Å². The summed E-state index contributed by atoms with van der Waals surface area (Å²) in [5, 5.41) is 21.5. The molecule has 8 nitrogen and oxygen atoms in total. The zero-order valence-electron chi connectivity index (χ0n) is 17.9. The molecule has 4 aromatic rings. The summed E-state index contributed by atoms with van der Waals surface area (Å²) in [6.07, 6.45) is 1.34. The predicted octanol–water partition coefficient (Wildman–Crippen LogP) is 5.46. The van der Waals surface area contributed by atoms with E-state index in [2.05, 4.69) is 20.9 Å². The molecule has 0 bridgehead atoms. The Morgan fingerprint density at radius 2 is 2.03 bits per heavy atom. The van der Waals surface area contributed by atoms with Gasteiger partial charge in [-0.2, -0.15) is 0 Å². The van der Waals surface area contributed by atoms with Crippen LogP contribution in [-0.4, -0.2) is 34.0 Å². The van der Waals surface area contributed by atoms with Crippen LogP contribution < -0.4 is 9.64 Å². The number of anilines is 1. The van der Waals surface area contributed by atoms with E-state index >= 15 is 0 Å². The summed E-state index contributed by atoms with van der Waals surface area (Å²) in [7, 11) is 1.39. The first-order chi connectivity index (χ1) is 16.3. The maximum Gasteiger partial charge on any atom is 0.296 e. The largest absolute Gasteiger partial charge is 0.503 e. The van der Waals surface area contributed by atoms with Gasteiger partial charge in [0, 0.05) is 0 Å². The zero-order chi connectivity index (χ0) is 24.1. The highest BCUT2D eigenvalue weighted by Crippen LogP contribution is 2.47. The van der Waals surface area contributed by atoms with Crippen molar-refractivity contribution >= 4 is 54.3 Å². The molecule has 0 radical (unpaired) electrons. The van der Waals surface area contributed by atoms with Crippen LogP contribution in [0.4, 0.5) is 5.13 Å². The van der Waals surface area contributed by atoms with Gasteiger partial charge in [0.2, 0.25) is 5.78 Å². The van der Waals surface area contributed by atoms with Crippen LogP contribution in [0.15, 0.2) is 68.9 Å². The number of amides is 1. The number of ether oxygens (including phenoxy) is 1. The van der Waals surface area contributed by atoms with Crippen LogP contribution in [0.2, 0.25) is 0 Å². The number of rotatable bonds is 5. The molecule has 2 N–H and O–H groups in total. The van der Waals surface area contributed by atoms with Gasteiger partial charge < -0.3 is 19.4 Å². The van der Waals surface area contributed by atoms with Gasteiger partial charge in [0.25, 0.3) is 5.91 Å². The Kier molecular flexibility index (Phi) is 5.41. The van der Waals surface area contributed by atoms with E-state index in [9.17, 15) is 19.8 Å². The molecule has 34 heavy (non-hydrogen) atoms. The van der Waals surface area contributed by atoms with Crippen molar-refractivity contribution in [3.05, 3.63) is 81.4 Å². The Balaban J connectivity index is 1.73. The standard InChI is InChI=1S/C24H17BrN2O6S/c1-11-5-6-14-17(8-11)34-24(26-14)27-19(12-9-13(25)20(28)16(10-12)32-2)18(22(30)23(27)31)21(29)15-4-3-7-33-15/h3-10,19,28,30H,1-2H3. The molecule has 1 atom stereocenters. The summed E-state index contributed by atoms with van der Waals surface area (Å²) in [5.74, 6) is -2.11. The van der Waals surface area contributed by atoms with Crippen LogP contribution in [-0.2, 0) is 4.79 Å². The number of halogens is 1. The molecule has 0 fully saturated rings. The van der Waals surface area contributed by atoms with Crippen molar-refractivity contribution in [2.24, 2.45) is 0 Å². The number of aryl methyl sites for hydroxylation is 1. The van der Waals surface area contributed by atoms with Crippen molar-refractivity contribution in [3.63, 3.8) is 0 Å². The topological polar surface area (TPSA) is 113 Å². The van der Waals surface area contributed by atoms with E-state index in [1.807, 2.05) is 25.1 Å². The molecule has 0 saturated heterocycles. The minimum absolute atomic E-state index is 0.0223. The van der Waals surface area contributed by atoms with Gasteiger partial charge in [0.05, 0.1) is 39.7 Å². The van der Waals surface area contributed by atoms with Gasteiger partial charge in [0.1, 0.15) is 0 Å². The SMILES string of the molecule is COc1cc(C2C(C(=O)c3ccco3)=C(O)C(=O)N2c2nc3ccc(C)cc3s2)cc(Br)c1O. The number of ketones is 1. The van der Waals surface area contributed by atoms with Gasteiger partial charge in [-0.05, 0) is 70.4 Å². The monoisotopic (exact) mass is 540 g/mol. The molecule has 2 aromatic heterocycles. The van der Waals surface area contributed by atoms with Crippen LogP contribution >= 0.6 is 27.3 Å². The molecule has 1 unspecified atom stereocenters. The van der Waals surface area contributed by atoms with Crippen molar-refractivity contribution in [1.82, 2.24) is 4.98 Å². The van der Waals surface area contributed by atoms with Crippen LogP contribution in [0.1, 0.15) is 27.7 Å². The average molecular weight is 541 g/mol. The second-order valence-corrected chi connectivity index (χ2v) is 9.53. The molecule has 3 heterocycles. The normalized spacial score (nSPS) is 16.0. The number of aliphatic hydroxyl groups excluding tert-OH is 1. The van der Waals surface area contributed by atoms with Gasteiger partial charge in [-0.15, -0.1) is 0 Å². The molecule has 172 valence electrons. The molecule has 0 saturated carbocycles. The predicted molar refractivity (Wildman–Crippen MR) is 130 cm³/mol. The molecule has 0 spiro atoms. The minimum Gasteiger partial charge on any atom is -0.503 e. The molecule has 2 aromatic carbocycles. The zero-order valence-corrected chi connectivity index (χ0v) is 20.3. The summed E-state index contributed by atoms with van der Waals surface area (Å²) in [6, 6.07) is 10.8. The van der Waals surface area contributed by atoms with E-state index in [1.54, 1.807) is 12.1 Å². The molecule has 5 rings (SSSR count). The fourth-order valence-corrected chi connectivity index (χ4v) is 5.47. The third-order valence-electron chi connectivity index (χ3n) is 5.52. The lowest BCUT2D eigenvalue weighted by molar-refractivity contribution is -0.117. The number of aromatic nitrogens is 1. The number of Topliss-reactive ketones (excluding diaryl/α,β-unsaturated/α-hetero) is 1. The van der Waals surface area contributed by atoms with Crippen molar-refractivity contribution in [2.45, 2.75) is 13.0 Å². The number of thiazole rings is 1. The van der Waals surface area contributed by atoms with E-state index in [-0.39, 0.29) is 22.8 Å². The number of fused-ring (bicyclic) bond motifs is 1. The van der Waals surface area contributed by atoms with Gasteiger partial charge in [-0.3, -0.25) is 14.5 Å². The van der Waals surface area contributed by atoms with E-state index in [4.69, 9.17) is 9.15 Å². The number of carbonyl (C=O) groups is 2.